The van der Waals surface area contributed by atoms with Gasteiger partial charge in [0.15, 0.2) is 0 Å². The predicted molar refractivity (Wildman–Crippen MR) is 146 cm³/mol. The Morgan fingerprint density at radius 1 is 0.614 bits per heavy atom. The zero-order chi connectivity index (χ0) is 34.0. The molecular formula is C26H28F8N2O6S2. The Balaban J connectivity index is 2.48. The van der Waals surface area contributed by atoms with Crippen LogP contribution < -0.4 is 10.6 Å². The van der Waals surface area contributed by atoms with Gasteiger partial charge in [0.25, 0.3) is 0 Å². The number of halogens is 8. The minimum atomic E-state index is -7.17. The number of carbonyl (C=O) groups is 4. The highest BCUT2D eigenvalue weighted by Crippen LogP contribution is 2.53. The first-order chi connectivity index (χ1) is 20.2. The molecule has 0 fully saturated rings. The fourth-order valence-corrected chi connectivity index (χ4v) is 6.32. The van der Waals surface area contributed by atoms with Crippen molar-refractivity contribution in [3.63, 3.8) is 0 Å². The van der Waals surface area contributed by atoms with Crippen molar-refractivity contribution in [1.82, 2.24) is 0 Å². The third kappa shape index (κ3) is 6.27. The van der Waals surface area contributed by atoms with Crippen molar-refractivity contribution >= 4 is 56.4 Å². The van der Waals surface area contributed by atoms with Gasteiger partial charge in [0.1, 0.15) is 10.0 Å². The molecule has 0 aliphatic rings. The minimum absolute atomic E-state index is 0.0830. The molecule has 8 nitrogen and oxygen atoms in total. The summed E-state index contributed by atoms with van der Waals surface area (Å²) in [6.45, 7) is 8.15. The lowest BCUT2D eigenvalue weighted by molar-refractivity contribution is -0.345. The Labute approximate surface area is 254 Å². The number of thiophene rings is 2. The molecule has 246 valence electrons. The van der Waals surface area contributed by atoms with Crippen molar-refractivity contribution in [2.45, 2.75) is 78.1 Å². The molecule has 2 heterocycles. The third-order valence-electron chi connectivity index (χ3n) is 6.29. The van der Waals surface area contributed by atoms with Gasteiger partial charge in [-0.2, -0.15) is 35.1 Å². The first-order valence-electron chi connectivity index (χ1n) is 12.9. The lowest BCUT2D eigenvalue weighted by Crippen LogP contribution is -2.67. The number of alkyl halides is 8. The zero-order valence-electron chi connectivity index (χ0n) is 24.1. The van der Waals surface area contributed by atoms with Gasteiger partial charge in [0.2, 0.25) is 0 Å². The summed E-state index contributed by atoms with van der Waals surface area (Å²) in [7, 11) is 0. The number of nitrogens with one attached hydrogen (secondary N) is 2. The van der Waals surface area contributed by atoms with Gasteiger partial charge in [-0.1, -0.05) is 13.8 Å². The Morgan fingerprint density at radius 3 is 1.16 bits per heavy atom. The largest absolute Gasteiger partial charge is 0.462 e. The van der Waals surface area contributed by atoms with Crippen molar-refractivity contribution < 1.29 is 63.8 Å². The molecule has 2 aromatic heterocycles. The third-order valence-corrected chi connectivity index (χ3v) is 8.42. The highest BCUT2D eigenvalue weighted by Gasteiger charge is 2.84. The number of amides is 2. The van der Waals surface area contributed by atoms with Crippen LogP contribution in [0.5, 0.6) is 0 Å². The van der Waals surface area contributed by atoms with Crippen LogP contribution in [0.2, 0.25) is 0 Å². The van der Waals surface area contributed by atoms with E-state index in [1.807, 2.05) is 0 Å². The van der Waals surface area contributed by atoms with E-state index < -0.39 is 68.6 Å². The van der Waals surface area contributed by atoms with Crippen molar-refractivity contribution in [2.75, 3.05) is 23.8 Å². The summed E-state index contributed by atoms with van der Waals surface area (Å²) in [5, 5.41) is 0.971. The number of hydrogen-bond acceptors (Lipinski definition) is 8. The van der Waals surface area contributed by atoms with Crippen LogP contribution >= 0.6 is 22.7 Å². The molecule has 2 rings (SSSR count). The number of rotatable bonds is 13. The van der Waals surface area contributed by atoms with E-state index in [1.54, 1.807) is 0 Å². The van der Waals surface area contributed by atoms with Crippen molar-refractivity contribution in [1.29, 1.82) is 0 Å². The number of esters is 2. The second-order valence-electron chi connectivity index (χ2n) is 9.04. The normalized spacial score (nSPS) is 12.6. The lowest BCUT2D eigenvalue weighted by Gasteiger charge is -2.35. The fraction of sp³-hybridized carbons (Fsp3) is 0.538. The minimum Gasteiger partial charge on any atom is -0.462 e. The SMILES string of the molecule is CCOC(=O)c1c(NC(=O)C(F)(F)C(F)(F)C(F)(F)C(F)(F)C(=O)Nc2sc(C)c(CC)c2C(=O)OCC)sc(C)c1CC. The monoisotopic (exact) mass is 680 g/mol. The first-order valence-corrected chi connectivity index (χ1v) is 14.5. The summed E-state index contributed by atoms with van der Waals surface area (Å²) in [6.07, 6.45) is 0.166. The number of anilines is 2. The van der Waals surface area contributed by atoms with Crippen LogP contribution in [0.15, 0.2) is 0 Å². The van der Waals surface area contributed by atoms with Crippen LogP contribution in [0.3, 0.4) is 0 Å². The molecule has 0 unspecified atom stereocenters. The Bertz CT molecular complexity index is 1330. The van der Waals surface area contributed by atoms with E-state index >= 15 is 0 Å². The van der Waals surface area contributed by atoms with E-state index in [9.17, 15) is 54.3 Å². The molecule has 2 N–H and O–H groups in total. The maximum Gasteiger partial charge on any atom is 0.393 e. The van der Waals surface area contributed by atoms with Gasteiger partial charge in [0.05, 0.1) is 24.3 Å². The van der Waals surface area contributed by atoms with E-state index in [2.05, 4.69) is 0 Å². The molecule has 2 aromatic rings. The zero-order valence-corrected chi connectivity index (χ0v) is 25.8. The van der Waals surface area contributed by atoms with Crippen LogP contribution in [-0.4, -0.2) is 60.7 Å². The van der Waals surface area contributed by atoms with Crippen LogP contribution in [0, 0.1) is 13.8 Å². The van der Waals surface area contributed by atoms with Crippen LogP contribution in [0.4, 0.5) is 45.1 Å². The van der Waals surface area contributed by atoms with E-state index in [0.29, 0.717) is 22.7 Å². The Morgan fingerprint density at radius 2 is 0.909 bits per heavy atom. The van der Waals surface area contributed by atoms with E-state index in [1.165, 1.54) is 52.2 Å². The number of hydrogen-bond donors (Lipinski definition) is 2. The molecule has 0 saturated heterocycles. The standard InChI is InChI=1S/C26H28F8N2O6S2/c1-7-13-11(5)43-17(15(13)19(37)41-9-3)35-21(39)23(27,28)25(31,32)26(33,34)24(29,30)22(40)36-18-16(20(38)42-10-4)14(8-2)12(6)44-18/h7-10H2,1-6H3,(H,35,39)(H,36,40). The summed E-state index contributed by atoms with van der Waals surface area (Å²) >= 11 is 0.917. The smallest absolute Gasteiger partial charge is 0.393 e. The highest BCUT2D eigenvalue weighted by atomic mass is 32.1. The lowest BCUT2D eigenvalue weighted by atomic mass is 9.97. The summed E-state index contributed by atoms with van der Waals surface area (Å²) in [4.78, 5) is 49.8. The second kappa shape index (κ2) is 13.4. The summed E-state index contributed by atoms with van der Waals surface area (Å²) in [5.41, 5.74) is -0.666. The van der Waals surface area contributed by atoms with E-state index in [-0.39, 0.29) is 46.9 Å². The van der Waals surface area contributed by atoms with Gasteiger partial charge in [-0.25, -0.2) is 9.59 Å². The Hall–Kier alpha value is -3.28. The Kier molecular flexibility index (Phi) is 11.2. The van der Waals surface area contributed by atoms with Gasteiger partial charge in [-0.05, 0) is 51.7 Å². The number of aryl methyl sites for hydroxylation is 2. The summed E-state index contributed by atoms with van der Waals surface area (Å²) < 4.78 is 127. The molecule has 44 heavy (non-hydrogen) atoms. The van der Waals surface area contributed by atoms with Gasteiger partial charge >= 0.3 is 47.4 Å². The number of ether oxygens (including phenoxy) is 2. The predicted octanol–water partition coefficient (Wildman–Crippen LogP) is 7.02. The topological polar surface area (TPSA) is 111 Å². The maximum absolute atomic E-state index is 14.7. The highest BCUT2D eigenvalue weighted by molar-refractivity contribution is 7.17. The average molecular weight is 681 g/mol. The van der Waals surface area contributed by atoms with Gasteiger partial charge in [-0.3, -0.25) is 9.59 Å². The maximum atomic E-state index is 14.7. The summed E-state index contributed by atoms with van der Waals surface area (Å²) in [5.74, 6) is -36.0. The average Bonchev–Trinajstić information content (AvgIpc) is 3.42. The molecule has 0 aliphatic heterocycles. The quantitative estimate of drug-likeness (QED) is 0.174. The van der Waals surface area contributed by atoms with Gasteiger partial charge in [-0.15, -0.1) is 22.7 Å². The van der Waals surface area contributed by atoms with E-state index in [0.717, 1.165) is 0 Å². The van der Waals surface area contributed by atoms with Crippen LogP contribution in [-0.2, 0) is 31.9 Å². The van der Waals surface area contributed by atoms with Crippen LogP contribution in [0.25, 0.3) is 0 Å². The molecule has 0 aromatic carbocycles. The molecule has 2 amide bonds. The molecule has 0 aliphatic carbocycles. The molecule has 0 atom stereocenters. The van der Waals surface area contributed by atoms with E-state index in [4.69, 9.17) is 9.47 Å². The molecule has 18 heteroatoms. The molecule has 0 saturated carbocycles. The molecule has 0 spiro atoms. The first kappa shape index (κ1) is 36.9. The molecular weight excluding hydrogens is 652 g/mol. The summed E-state index contributed by atoms with van der Waals surface area (Å²) in [6, 6.07) is 0. The van der Waals surface area contributed by atoms with Crippen LogP contribution in [0.1, 0.15) is 69.3 Å². The number of carbonyl (C=O) groups excluding carboxylic acids is 4. The van der Waals surface area contributed by atoms with Crippen molar-refractivity contribution in [2.24, 2.45) is 0 Å². The molecule has 0 bridgehead atoms. The van der Waals surface area contributed by atoms with Crippen molar-refractivity contribution in [3.8, 4) is 0 Å². The van der Waals surface area contributed by atoms with Gasteiger partial charge in [0, 0.05) is 9.75 Å². The fourth-order valence-electron chi connectivity index (χ4n) is 4.07. The van der Waals surface area contributed by atoms with Gasteiger partial charge < -0.3 is 20.1 Å². The second-order valence-corrected chi connectivity index (χ2v) is 11.5. The van der Waals surface area contributed by atoms with Crippen molar-refractivity contribution in [3.05, 3.63) is 32.0 Å². The molecule has 0 radical (unpaired) electrons.